The number of nitrogens with zero attached hydrogens (tertiary/aromatic N) is 1. The van der Waals surface area contributed by atoms with E-state index in [1.165, 1.54) is 6.26 Å². The van der Waals surface area contributed by atoms with Crippen LogP contribution in [0, 0.1) is 0 Å². The second-order valence-corrected chi connectivity index (χ2v) is 8.43. The summed E-state index contributed by atoms with van der Waals surface area (Å²) in [4.78, 5) is 14.3. The van der Waals surface area contributed by atoms with E-state index < -0.39 is 9.84 Å². The first kappa shape index (κ1) is 17.2. The zero-order valence-corrected chi connectivity index (χ0v) is 14.2. The molecule has 0 bridgehead atoms. The highest BCUT2D eigenvalue weighted by molar-refractivity contribution is 7.90. The van der Waals surface area contributed by atoms with Gasteiger partial charge in [0.1, 0.15) is 9.84 Å². The molecule has 1 heterocycles. The van der Waals surface area contributed by atoms with E-state index in [4.69, 9.17) is 11.6 Å². The number of nitrogens with one attached hydrogen (secondary N) is 1. The van der Waals surface area contributed by atoms with Crippen LogP contribution in [0.2, 0.25) is 5.02 Å². The molecule has 0 unspecified atom stereocenters. The third kappa shape index (κ3) is 5.59. The lowest BCUT2D eigenvalue weighted by molar-refractivity contribution is 0.0913. The maximum atomic E-state index is 12.1. The number of benzene rings is 1. The van der Waals surface area contributed by atoms with Gasteiger partial charge >= 0.3 is 0 Å². The second-order valence-electron chi connectivity index (χ2n) is 5.73. The maximum Gasteiger partial charge on any atom is 0.251 e. The van der Waals surface area contributed by atoms with Crippen molar-refractivity contribution in [1.29, 1.82) is 0 Å². The Balaban J connectivity index is 1.79. The van der Waals surface area contributed by atoms with Gasteiger partial charge in [0.15, 0.2) is 0 Å². The Labute approximate surface area is 136 Å². The molecule has 1 saturated heterocycles. The third-order valence-corrected chi connectivity index (χ3v) is 4.95. The molecule has 1 aromatic rings. The fraction of sp³-hybridized carbons (Fsp3) is 0.533. The maximum absolute atomic E-state index is 12.1. The zero-order chi connectivity index (χ0) is 16.2. The number of piperidine rings is 1. The van der Waals surface area contributed by atoms with Crippen molar-refractivity contribution in [1.82, 2.24) is 10.2 Å². The summed E-state index contributed by atoms with van der Waals surface area (Å²) < 4.78 is 22.3. The van der Waals surface area contributed by atoms with E-state index in [-0.39, 0.29) is 17.7 Å². The lowest BCUT2D eigenvalue weighted by Gasteiger charge is -2.32. The molecule has 0 radical (unpaired) electrons. The summed E-state index contributed by atoms with van der Waals surface area (Å²) in [5.74, 6) is 0.0732. The minimum atomic E-state index is -2.92. The monoisotopic (exact) mass is 344 g/mol. The van der Waals surface area contributed by atoms with Gasteiger partial charge < -0.3 is 10.2 Å². The van der Waals surface area contributed by atoms with E-state index in [1.54, 1.807) is 24.3 Å². The molecule has 2 rings (SSSR count). The van der Waals surface area contributed by atoms with Crippen LogP contribution in [0.4, 0.5) is 0 Å². The SMILES string of the molecule is CS(=O)(=O)CCN1CCC(NC(=O)c2cccc(Cl)c2)CC1. The Kier molecular flexibility index (Phi) is 5.83. The van der Waals surface area contributed by atoms with E-state index in [0.29, 0.717) is 17.1 Å². The molecule has 122 valence electrons. The summed E-state index contributed by atoms with van der Waals surface area (Å²) in [6.45, 7) is 2.17. The largest absolute Gasteiger partial charge is 0.349 e. The molecule has 1 fully saturated rings. The Hall–Kier alpha value is -1.11. The molecule has 0 saturated carbocycles. The number of likely N-dealkylation sites (tertiary alicyclic amines) is 1. The van der Waals surface area contributed by atoms with Gasteiger partial charge in [0, 0.05) is 42.5 Å². The summed E-state index contributed by atoms with van der Waals surface area (Å²) in [6, 6.07) is 7.01. The molecule has 1 aliphatic rings. The van der Waals surface area contributed by atoms with Crippen LogP contribution in [0.15, 0.2) is 24.3 Å². The first-order valence-corrected chi connectivity index (χ1v) is 9.74. The van der Waals surface area contributed by atoms with Crippen molar-refractivity contribution in [2.45, 2.75) is 18.9 Å². The molecule has 1 aliphatic heterocycles. The average Bonchev–Trinajstić information content (AvgIpc) is 2.46. The molecule has 7 heteroatoms. The van der Waals surface area contributed by atoms with E-state index in [1.807, 2.05) is 0 Å². The third-order valence-electron chi connectivity index (χ3n) is 3.79. The normalized spacial score (nSPS) is 17.4. The summed E-state index contributed by atoms with van der Waals surface area (Å²) in [5.41, 5.74) is 0.562. The quantitative estimate of drug-likeness (QED) is 0.880. The summed E-state index contributed by atoms with van der Waals surface area (Å²) in [7, 11) is -2.92. The second kappa shape index (κ2) is 7.44. The van der Waals surface area contributed by atoms with E-state index in [9.17, 15) is 13.2 Å². The fourth-order valence-corrected chi connectivity index (χ4v) is 3.27. The minimum Gasteiger partial charge on any atom is -0.349 e. The number of carbonyl (C=O) groups excluding carboxylic acids is 1. The summed E-state index contributed by atoms with van der Waals surface area (Å²) >= 11 is 5.89. The van der Waals surface area contributed by atoms with Gasteiger partial charge in [-0.05, 0) is 31.0 Å². The van der Waals surface area contributed by atoms with Gasteiger partial charge in [-0.2, -0.15) is 0 Å². The molecule has 1 amide bonds. The van der Waals surface area contributed by atoms with Crippen LogP contribution in [0.3, 0.4) is 0 Å². The molecule has 5 nitrogen and oxygen atoms in total. The predicted octanol–water partition coefficient (Wildman–Crippen LogP) is 1.58. The molecular formula is C15H21ClN2O3S. The molecule has 0 aromatic heterocycles. The van der Waals surface area contributed by atoms with Gasteiger partial charge in [-0.3, -0.25) is 4.79 Å². The topological polar surface area (TPSA) is 66.5 Å². The van der Waals surface area contributed by atoms with Crippen molar-refractivity contribution >= 4 is 27.3 Å². The minimum absolute atomic E-state index is 0.114. The van der Waals surface area contributed by atoms with Crippen molar-refractivity contribution < 1.29 is 13.2 Å². The number of carbonyl (C=O) groups is 1. The number of hydrogen-bond donors (Lipinski definition) is 1. The first-order chi connectivity index (χ1) is 10.3. The molecule has 0 atom stereocenters. The Morgan fingerprint density at radius 3 is 2.64 bits per heavy atom. The summed E-state index contributed by atoms with van der Waals surface area (Å²) in [6.07, 6.45) is 2.91. The Morgan fingerprint density at radius 1 is 1.36 bits per heavy atom. The number of rotatable bonds is 5. The lowest BCUT2D eigenvalue weighted by Crippen LogP contribution is -2.45. The van der Waals surface area contributed by atoms with Gasteiger partial charge in [0.05, 0.1) is 5.75 Å². The van der Waals surface area contributed by atoms with E-state index >= 15 is 0 Å². The number of halogens is 1. The zero-order valence-electron chi connectivity index (χ0n) is 12.6. The van der Waals surface area contributed by atoms with Gasteiger partial charge in [0.2, 0.25) is 0 Å². The van der Waals surface area contributed by atoms with Crippen LogP contribution in [0.25, 0.3) is 0 Å². The van der Waals surface area contributed by atoms with Crippen LogP contribution in [-0.4, -0.2) is 56.9 Å². The van der Waals surface area contributed by atoms with Gasteiger partial charge in [-0.15, -0.1) is 0 Å². The number of hydrogen-bond acceptors (Lipinski definition) is 4. The smallest absolute Gasteiger partial charge is 0.251 e. The molecular weight excluding hydrogens is 324 g/mol. The first-order valence-electron chi connectivity index (χ1n) is 7.30. The van der Waals surface area contributed by atoms with Gasteiger partial charge in [-0.1, -0.05) is 17.7 Å². The highest BCUT2D eigenvalue weighted by atomic mass is 35.5. The lowest BCUT2D eigenvalue weighted by atomic mass is 10.0. The predicted molar refractivity (Wildman–Crippen MR) is 88.1 cm³/mol. The van der Waals surface area contributed by atoms with Crippen LogP contribution in [0.1, 0.15) is 23.2 Å². The van der Waals surface area contributed by atoms with Crippen LogP contribution in [0.5, 0.6) is 0 Å². The van der Waals surface area contributed by atoms with Crippen LogP contribution >= 0.6 is 11.6 Å². The highest BCUT2D eigenvalue weighted by Gasteiger charge is 2.21. The molecule has 0 aliphatic carbocycles. The fourth-order valence-electron chi connectivity index (χ4n) is 2.49. The van der Waals surface area contributed by atoms with Crippen molar-refractivity contribution in [2.75, 3.05) is 31.6 Å². The van der Waals surface area contributed by atoms with E-state index in [2.05, 4.69) is 10.2 Å². The van der Waals surface area contributed by atoms with Crippen LogP contribution in [-0.2, 0) is 9.84 Å². The van der Waals surface area contributed by atoms with Crippen LogP contribution < -0.4 is 5.32 Å². The summed E-state index contributed by atoms with van der Waals surface area (Å²) in [5, 5.41) is 3.56. The molecule has 1 N–H and O–H groups in total. The molecule has 0 spiro atoms. The number of sulfone groups is 1. The van der Waals surface area contributed by atoms with Crippen molar-refractivity contribution in [2.24, 2.45) is 0 Å². The van der Waals surface area contributed by atoms with Crippen molar-refractivity contribution in [3.8, 4) is 0 Å². The van der Waals surface area contributed by atoms with Crippen molar-refractivity contribution in [3.63, 3.8) is 0 Å². The standard InChI is InChI=1S/C15H21ClN2O3S/c1-22(20,21)10-9-18-7-5-14(6-8-18)17-15(19)12-3-2-4-13(16)11-12/h2-4,11,14H,5-10H2,1H3,(H,17,19). The number of amides is 1. The molecule has 22 heavy (non-hydrogen) atoms. The Morgan fingerprint density at radius 2 is 2.05 bits per heavy atom. The van der Waals surface area contributed by atoms with Gasteiger partial charge in [-0.25, -0.2) is 8.42 Å². The Bertz CT molecular complexity index is 625. The molecule has 1 aromatic carbocycles. The average molecular weight is 345 g/mol. The van der Waals surface area contributed by atoms with Gasteiger partial charge in [0.25, 0.3) is 5.91 Å². The highest BCUT2D eigenvalue weighted by Crippen LogP contribution is 2.13. The van der Waals surface area contributed by atoms with Crippen molar-refractivity contribution in [3.05, 3.63) is 34.9 Å². The van der Waals surface area contributed by atoms with E-state index in [0.717, 1.165) is 25.9 Å².